The summed E-state index contributed by atoms with van der Waals surface area (Å²) in [7, 11) is 1.53. The van der Waals surface area contributed by atoms with Gasteiger partial charge in [-0.3, -0.25) is 9.48 Å². The highest BCUT2D eigenvalue weighted by Gasteiger charge is 2.29. The number of likely N-dealkylation sites (tertiary alicyclic amines) is 1. The van der Waals surface area contributed by atoms with E-state index in [-0.39, 0.29) is 23.2 Å². The zero-order valence-corrected chi connectivity index (χ0v) is 10.6. The van der Waals surface area contributed by atoms with E-state index in [0.717, 1.165) is 19.3 Å². The van der Waals surface area contributed by atoms with Gasteiger partial charge in [0.15, 0.2) is 5.69 Å². The molecule has 1 atom stereocenters. The van der Waals surface area contributed by atoms with E-state index >= 15 is 0 Å². The lowest BCUT2D eigenvalue weighted by Crippen LogP contribution is -2.42. The number of hydrogen-bond acceptors (Lipinski definition) is 3. The third kappa shape index (κ3) is 2.10. The molecule has 1 aromatic rings. The fourth-order valence-electron chi connectivity index (χ4n) is 2.40. The Morgan fingerprint density at radius 1 is 1.44 bits per heavy atom. The first kappa shape index (κ1) is 12.6. The van der Waals surface area contributed by atoms with Crippen molar-refractivity contribution in [3.05, 3.63) is 17.5 Å². The van der Waals surface area contributed by atoms with Gasteiger partial charge in [-0.2, -0.15) is 5.10 Å². The van der Waals surface area contributed by atoms with Crippen LogP contribution in [-0.4, -0.2) is 44.3 Å². The molecule has 0 radical (unpaired) electrons. The Morgan fingerprint density at radius 3 is 2.78 bits per heavy atom. The molecule has 1 saturated heterocycles. The highest BCUT2D eigenvalue weighted by molar-refractivity contribution is 6.03. The quantitative estimate of drug-likeness (QED) is 0.855. The third-order valence-corrected chi connectivity index (χ3v) is 3.44. The summed E-state index contributed by atoms with van der Waals surface area (Å²) in [6.45, 7) is 2.68. The molecule has 2 heterocycles. The molecule has 0 aliphatic carbocycles. The smallest absolute Gasteiger partial charge is 0.354 e. The number of aromatic carboxylic acids is 1. The molecule has 0 spiro atoms. The molecule has 2 rings (SSSR count). The van der Waals surface area contributed by atoms with E-state index in [0.29, 0.717) is 6.54 Å². The lowest BCUT2D eigenvalue weighted by atomic mass is 10.0. The van der Waals surface area contributed by atoms with Gasteiger partial charge in [-0.25, -0.2) is 4.79 Å². The summed E-state index contributed by atoms with van der Waals surface area (Å²) in [4.78, 5) is 25.2. The number of aryl methyl sites for hydroxylation is 1. The minimum atomic E-state index is -1.12. The van der Waals surface area contributed by atoms with E-state index < -0.39 is 5.97 Å². The molecule has 6 heteroatoms. The Balaban J connectivity index is 2.31. The van der Waals surface area contributed by atoms with Gasteiger partial charge in [-0.05, 0) is 26.2 Å². The molecule has 0 bridgehead atoms. The molecule has 1 aliphatic heterocycles. The van der Waals surface area contributed by atoms with Gasteiger partial charge in [0.25, 0.3) is 5.91 Å². The molecule has 6 nitrogen and oxygen atoms in total. The molecule has 1 N–H and O–H groups in total. The number of hydrogen-bond donors (Lipinski definition) is 1. The zero-order chi connectivity index (χ0) is 13.3. The Kier molecular flexibility index (Phi) is 3.36. The van der Waals surface area contributed by atoms with Gasteiger partial charge >= 0.3 is 5.97 Å². The number of rotatable bonds is 2. The SMILES string of the molecule is CC1CCCCN1C(=O)c1cnn(C)c1C(=O)O. The molecule has 1 aromatic heterocycles. The maximum absolute atomic E-state index is 12.4. The molecule has 0 aromatic carbocycles. The maximum atomic E-state index is 12.4. The summed E-state index contributed by atoms with van der Waals surface area (Å²) < 4.78 is 1.23. The van der Waals surface area contributed by atoms with Crippen molar-refractivity contribution in [3.63, 3.8) is 0 Å². The number of carboxylic acid groups (broad SMARTS) is 1. The molecule has 1 unspecified atom stereocenters. The summed E-state index contributed by atoms with van der Waals surface area (Å²) in [5.74, 6) is -1.35. The van der Waals surface area contributed by atoms with Gasteiger partial charge < -0.3 is 10.0 Å². The van der Waals surface area contributed by atoms with Crippen LogP contribution in [0.15, 0.2) is 6.20 Å². The van der Waals surface area contributed by atoms with Gasteiger partial charge in [0.2, 0.25) is 0 Å². The van der Waals surface area contributed by atoms with Gasteiger partial charge in [-0.1, -0.05) is 0 Å². The van der Waals surface area contributed by atoms with Crippen LogP contribution >= 0.6 is 0 Å². The van der Waals surface area contributed by atoms with E-state index in [4.69, 9.17) is 5.11 Å². The van der Waals surface area contributed by atoms with Gasteiger partial charge in [0.1, 0.15) is 0 Å². The predicted molar refractivity (Wildman–Crippen MR) is 64.5 cm³/mol. The molecule has 1 fully saturated rings. The number of amides is 1. The molecule has 1 aliphatic rings. The third-order valence-electron chi connectivity index (χ3n) is 3.44. The van der Waals surface area contributed by atoms with Crippen molar-refractivity contribution in [3.8, 4) is 0 Å². The van der Waals surface area contributed by atoms with Crippen LogP contribution in [0.1, 0.15) is 47.0 Å². The summed E-state index contributed by atoms with van der Waals surface area (Å²) in [6, 6.07) is 0.160. The summed E-state index contributed by atoms with van der Waals surface area (Å²) in [6.07, 6.45) is 4.39. The Labute approximate surface area is 105 Å². The lowest BCUT2D eigenvalue weighted by Gasteiger charge is -2.33. The fraction of sp³-hybridized carbons (Fsp3) is 0.583. The molecular weight excluding hydrogens is 234 g/mol. The Hall–Kier alpha value is -1.85. The van der Waals surface area contributed by atoms with Crippen molar-refractivity contribution < 1.29 is 14.7 Å². The average molecular weight is 251 g/mol. The van der Waals surface area contributed by atoms with E-state index in [1.807, 2.05) is 6.92 Å². The minimum absolute atomic E-state index is 0.0437. The number of carboxylic acids is 1. The van der Waals surface area contributed by atoms with Crippen molar-refractivity contribution in [1.29, 1.82) is 0 Å². The monoisotopic (exact) mass is 251 g/mol. The van der Waals surface area contributed by atoms with E-state index in [2.05, 4.69) is 5.10 Å². The van der Waals surface area contributed by atoms with Gasteiger partial charge in [-0.15, -0.1) is 0 Å². The second-order valence-corrected chi connectivity index (χ2v) is 4.68. The lowest BCUT2D eigenvalue weighted by molar-refractivity contribution is 0.0610. The summed E-state index contributed by atoms with van der Waals surface area (Å²) in [5, 5.41) is 13.0. The van der Waals surface area contributed by atoms with Gasteiger partial charge in [0, 0.05) is 19.6 Å². The normalized spacial score (nSPS) is 19.9. The first-order valence-corrected chi connectivity index (χ1v) is 6.08. The fourth-order valence-corrected chi connectivity index (χ4v) is 2.40. The number of piperidine rings is 1. The number of carbonyl (C=O) groups excluding carboxylic acids is 1. The number of aromatic nitrogens is 2. The van der Waals surface area contributed by atoms with E-state index in [1.54, 1.807) is 4.90 Å². The van der Waals surface area contributed by atoms with Crippen LogP contribution in [0.3, 0.4) is 0 Å². The minimum Gasteiger partial charge on any atom is -0.477 e. The van der Waals surface area contributed by atoms with Crippen LogP contribution in [0.4, 0.5) is 0 Å². The second-order valence-electron chi connectivity index (χ2n) is 4.68. The van der Waals surface area contributed by atoms with E-state index in [9.17, 15) is 9.59 Å². The Morgan fingerprint density at radius 2 is 2.17 bits per heavy atom. The molecule has 1 amide bonds. The zero-order valence-electron chi connectivity index (χ0n) is 10.6. The van der Waals surface area contributed by atoms with Crippen LogP contribution in [0.2, 0.25) is 0 Å². The van der Waals surface area contributed by atoms with Crippen LogP contribution in [0.25, 0.3) is 0 Å². The maximum Gasteiger partial charge on any atom is 0.354 e. The largest absolute Gasteiger partial charge is 0.477 e. The number of carbonyl (C=O) groups is 2. The van der Waals surface area contributed by atoms with Crippen molar-refractivity contribution in [2.24, 2.45) is 7.05 Å². The van der Waals surface area contributed by atoms with Crippen molar-refractivity contribution in [2.75, 3.05) is 6.54 Å². The highest BCUT2D eigenvalue weighted by Crippen LogP contribution is 2.20. The summed E-state index contributed by atoms with van der Waals surface area (Å²) >= 11 is 0. The van der Waals surface area contributed by atoms with Crippen molar-refractivity contribution in [1.82, 2.24) is 14.7 Å². The first-order chi connectivity index (χ1) is 8.52. The highest BCUT2D eigenvalue weighted by atomic mass is 16.4. The number of nitrogens with zero attached hydrogens (tertiary/aromatic N) is 3. The van der Waals surface area contributed by atoms with Gasteiger partial charge in [0.05, 0.1) is 11.8 Å². The van der Waals surface area contributed by atoms with Crippen LogP contribution in [0.5, 0.6) is 0 Å². The van der Waals surface area contributed by atoms with Crippen molar-refractivity contribution >= 4 is 11.9 Å². The summed E-state index contributed by atoms with van der Waals surface area (Å²) in [5.41, 5.74) is 0.136. The van der Waals surface area contributed by atoms with Crippen molar-refractivity contribution in [2.45, 2.75) is 32.2 Å². The topological polar surface area (TPSA) is 75.4 Å². The standard InChI is InChI=1S/C12H17N3O3/c1-8-5-3-4-6-15(8)11(16)9-7-13-14(2)10(9)12(17)18/h7-8H,3-6H2,1-2H3,(H,17,18). The molecular formula is C12H17N3O3. The predicted octanol–water partition coefficient (Wildman–Crippen LogP) is 1.13. The van der Waals surface area contributed by atoms with Crippen LogP contribution in [0, 0.1) is 0 Å². The Bertz CT molecular complexity index is 481. The van der Waals surface area contributed by atoms with Crippen LogP contribution < -0.4 is 0 Å². The molecule has 98 valence electrons. The average Bonchev–Trinajstić information content (AvgIpc) is 2.71. The second kappa shape index (κ2) is 4.80. The molecule has 18 heavy (non-hydrogen) atoms. The first-order valence-electron chi connectivity index (χ1n) is 6.08. The molecule has 0 saturated carbocycles. The van der Waals surface area contributed by atoms with E-state index in [1.165, 1.54) is 17.9 Å². The van der Waals surface area contributed by atoms with Crippen LogP contribution in [-0.2, 0) is 7.05 Å².